The molecule has 140 valence electrons. The van der Waals surface area contributed by atoms with Crippen LogP contribution in [0.5, 0.6) is 17.2 Å². The van der Waals surface area contributed by atoms with E-state index in [2.05, 4.69) is 15.5 Å². The Hall–Kier alpha value is -3.55. The first-order valence-electron chi connectivity index (χ1n) is 8.18. The lowest BCUT2D eigenvalue weighted by atomic mass is 10.2. The Morgan fingerprint density at radius 3 is 2.63 bits per heavy atom. The molecule has 0 saturated carbocycles. The lowest BCUT2D eigenvalue weighted by molar-refractivity contribution is -0.121. The van der Waals surface area contributed by atoms with Crippen LogP contribution in [-0.2, 0) is 11.3 Å². The normalized spacial score (nSPS) is 10.9. The number of hydrogen-bond acceptors (Lipinski definition) is 6. The molecular weight excluding hydrogens is 348 g/mol. The van der Waals surface area contributed by atoms with Crippen LogP contribution in [0.4, 0.5) is 0 Å². The number of carbonyl (C=O) groups is 1. The third kappa shape index (κ3) is 3.84. The predicted molar refractivity (Wildman–Crippen MR) is 102 cm³/mol. The van der Waals surface area contributed by atoms with Crippen LogP contribution in [0.3, 0.4) is 0 Å². The number of hydrogen-bond donors (Lipinski definition) is 1. The van der Waals surface area contributed by atoms with Crippen LogP contribution >= 0.6 is 0 Å². The van der Waals surface area contributed by atoms with E-state index in [1.165, 1.54) is 20.4 Å². The molecule has 1 amide bonds. The summed E-state index contributed by atoms with van der Waals surface area (Å²) in [5, 5.41) is 4.01. The number of ether oxygens (including phenoxy) is 3. The molecule has 3 aromatic rings. The van der Waals surface area contributed by atoms with Crippen molar-refractivity contribution in [3.63, 3.8) is 0 Å². The summed E-state index contributed by atoms with van der Waals surface area (Å²) in [7, 11) is 4.60. The van der Waals surface area contributed by atoms with Gasteiger partial charge in [0.2, 0.25) is 5.75 Å². The van der Waals surface area contributed by atoms with Crippen molar-refractivity contribution in [1.29, 1.82) is 0 Å². The van der Waals surface area contributed by atoms with Gasteiger partial charge in [-0.05, 0) is 24.3 Å². The molecule has 0 radical (unpaired) electrons. The largest absolute Gasteiger partial charge is 0.493 e. The topological polar surface area (TPSA) is 87.0 Å². The highest BCUT2D eigenvalue weighted by Gasteiger charge is 2.14. The van der Waals surface area contributed by atoms with Gasteiger partial charge in [0, 0.05) is 5.56 Å². The monoisotopic (exact) mass is 368 g/mol. The van der Waals surface area contributed by atoms with Gasteiger partial charge in [0.25, 0.3) is 5.91 Å². The summed E-state index contributed by atoms with van der Waals surface area (Å²) in [5.74, 6) is 1.20. The summed E-state index contributed by atoms with van der Waals surface area (Å²) in [4.78, 5) is 16.4. The minimum Gasteiger partial charge on any atom is -0.493 e. The van der Waals surface area contributed by atoms with E-state index in [0.717, 1.165) is 11.0 Å². The van der Waals surface area contributed by atoms with E-state index in [1.807, 2.05) is 24.3 Å². The molecule has 2 aromatic carbocycles. The lowest BCUT2D eigenvalue weighted by Crippen LogP contribution is -2.22. The quantitative estimate of drug-likeness (QED) is 0.510. The molecule has 0 fully saturated rings. The fourth-order valence-electron chi connectivity index (χ4n) is 2.73. The Bertz CT molecular complexity index is 981. The number of para-hydroxylation sites is 2. The second-order valence-electron chi connectivity index (χ2n) is 5.58. The highest BCUT2D eigenvalue weighted by Crippen LogP contribution is 2.38. The minimum atomic E-state index is -0.270. The third-order valence-electron chi connectivity index (χ3n) is 3.97. The van der Waals surface area contributed by atoms with Gasteiger partial charge in [-0.25, -0.2) is 10.4 Å². The van der Waals surface area contributed by atoms with E-state index in [9.17, 15) is 4.79 Å². The molecule has 0 spiro atoms. The van der Waals surface area contributed by atoms with Crippen molar-refractivity contribution < 1.29 is 19.0 Å². The third-order valence-corrected chi connectivity index (χ3v) is 3.97. The van der Waals surface area contributed by atoms with E-state index >= 15 is 0 Å². The zero-order valence-corrected chi connectivity index (χ0v) is 15.3. The van der Waals surface area contributed by atoms with Crippen LogP contribution in [0.1, 0.15) is 5.56 Å². The number of rotatable bonds is 7. The number of carbonyl (C=O) groups excluding carboxylic acids is 1. The number of amides is 1. The summed E-state index contributed by atoms with van der Waals surface area (Å²) < 4.78 is 17.7. The van der Waals surface area contributed by atoms with Crippen LogP contribution in [-0.4, -0.2) is 43.0 Å². The number of methoxy groups -OCH3 is 3. The van der Waals surface area contributed by atoms with Crippen LogP contribution in [0, 0.1) is 0 Å². The molecule has 8 heteroatoms. The first-order valence-corrected chi connectivity index (χ1v) is 8.18. The average Bonchev–Trinajstić information content (AvgIpc) is 3.10. The Labute approximate surface area is 156 Å². The van der Waals surface area contributed by atoms with Crippen molar-refractivity contribution in [1.82, 2.24) is 15.0 Å². The van der Waals surface area contributed by atoms with Gasteiger partial charge in [-0.3, -0.25) is 4.79 Å². The second kappa shape index (κ2) is 8.22. The van der Waals surface area contributed by atoms with Gasteiger partial charge in [0.15, 0.2) is 11.5 Å². The van der Waals surface area contributed by atoms with E-state index in [1.54, 1.807) is 30.1 Å². The van der Waals surface area contributed by atoms with Gasteiger partial charge in [-0.1, -0.05) is 12.1 Å². The number of hydrazone groups is 1. The molecule has 0 aliphatic heterocycles. The minimum absolute atomic E-state index is 0.112. The maximum Gasteiger partial charge on any atom is 0.260 e. The van der Waals surface area contributed by atoms with Crippen molar-refractivity contribution in [3.8, 4) is 17.2 Å². The Kier molecular flexibility index (Phi) is 5.55. The number of benzene rings is 2. The molecule has 3 rings (SSSR count). The Balaban J connectivity index is 1.71. The Morgan fingerprint density at radius 2 is 1.89 bits per heavy atom. The lowest BCUT2D eigenvalue weighted by Gasteiger charge is -2.13. The zero-order chi connectivity index (χ0) is 19.2. The molecule has 0 unspecified atom stereocenters. The number of fused-ring (bicyclic) bond motifs is 1. The van der Waals surface area contributed by atoms with Gasteiger partial charge < -0.3 is 18.8 Å². The highest BCUT2D eigenvalue weighted by atomic mass is 16.5. The molecule has 0 saturated heterocycles. The number of nitrogens with zero attached hydrogens (tertiary/aromatic N) is 3. The average molecular weight is 368 g/mol. The first-order chi connectivity index (χ1) is 13.2. The Morgan fingerprint density at radius 1 is 1.11 bits per heavy atom. The van der Waals surface area contributed by atoms with Crippen LogP contribution in [0.25, 0.3) is 11.0 Å². The molecule has 0 aliphatic rings. The van der Waals surface area contributed by atoms with Crippen molar-refractivity contribution in [2.45, 2.75) is 6.54 Å². The predicted octanol–water partition coefficient (Wildman–Crippen LogP) is 2.21. The number of imidazole rings is 1. The summed E-state index contributed by atoms with van der Waals surface area (Å²) in [6.07, 6.45) is 3.12. The zero-order valence-electron chi connectivity index (χ0n) is 15.3. The fraction of sp³-hybridized carbons (Fsp3) is 0.211. The van der Waals surface area contributed by atoms with E-state index < -0.39 is 0 Å². The number of aromatic nitrogens is 2. The second-order valence-corrected chi connectivity index (χ2v) is 5.58. The van der Waals surface area contributed by atoms with Crippen LogP contribution in [0.2, 0.25) is 0 Å². The van der Waals surface area contributed by atoms with Gasteiger partial charge in [-0.15, -0.1) is 0 Å². The molecule has 1 heterocycles. The van der Waals surface area contributed by atoms with E-state index in [4.69, 9.17) is 14.2 Å². The maximum atomic E-state index is 12.2. The maximum absolute atomic E-state index is 12.2. The summed E-state index contributed by atoms with van der Waals surface area (Å²) in [6, 6.07) is 11.1. The van der Waals surface area contributed by atoms with Gasteiger partial charge in [0.05, 0.1) is 44.9 Å². The summed E-state index contributed by atoms with van der Waals surface area (Å²) in [5.41, 5.74) is 4.87. The molecule has 0 bridgehead atoms. The smallest absolute Gasteiger partial charge is 0.260 e. The van der Waals surface area contributed by atoms with Crippen molar-refractivity contribution in [2.75, 3.05) is 21.3 Å². The van der Waals surface area contributed by atoms with Crippen molar-refractivity contribution in [2.24, 2.45) is 5.10 Å². The molecule has 0 atom stereocenters. The van der Waals surface area contributed by atoms with Crippen LogP contribution in [0.15, 0.2) is 47.8 Å². The van der Waals surface area contributed by atoms with E-state index in [0.29, 0.717) is 22.8 Å². The van der Waals surface area contributed by atoms with Gasteiger partial charge in [0.1, 0.15) is 6.54 Å². The molecular formula is C19H20N4O4. The van der Waals surface area contributed by atoms with Crippen LogP contribution < -0.4 is 19.6 Å². The van der Waals surface area contributed by atoms with Gasteiger partial charge in [-0.2, -0.15) is 5.10 Å². The molecule has 1 N–H and O–H groups in total. The SMILES string of the molecule is COc1ccc(C=NNC(=O)Cn2cnc3ccccc32)c(OC)c1OC. The molecule has 8 nitrogen and oxygen atoms in total. The standard InChI is InChI=1S/C19H20N4O4/c1-25-16-9-8-13(18(26-2)19(16)27-3)10-21-22-17(24)11-23-12-20-14-6-4-5-7-15(14)23/h4-10,12H,11H2,1-3H3,(H,22,24). The van der Waals surface area contributed by atoms with Crippen molar-refractivity contribution in [3.05, 3.63) is 48.3 Å². The molecule has 0 aliphatic carbocycles. The summed E-state index contributed by atoms with van der Waals surface area (Å²) >= 11 is 0. The van der Waals surface area contributed by atoms with E-state index in [-0.39, 0.29) is 12.5 Å². The molecule has 27 heavy (non-hydrogen) atoms. The highest BCUT2D eigenvalue weighted by molar-refractivity contribution is 5.87. The van der Waals surface area contributed by atoms with Crippen molar-refractivity contribution >= 4 is 23.2 Å². The summed E-state index contributed by atoms with van der Waals surface area (Å²) in [6.45, 7) is 0.112. The first kappa shape index (κ1) is 18.2. The fourth-order valence-corrected chi connectivity index (χ4v) is 2.73. The van der Waals surface area contributed by atoms with Gasteiger partial charge >= 0.3 is 0 Å². The number of nitrogens with one attached hydrogen (secondary N) is 1. The molecule has 1 aromatic heterocycles.